The lowest BCUT2D eigenvalue weighted by molar-refractivity contribution is -0.133. The molecule has 1 heterocycles. The van der Waals surface area contributed by atoms with Gasteiger partial charge in [-0.1, -0.05) is 18.7 Å². The van der Waals surface area contributed by atoms with Crippen molar-refractivity contribution in [2.45, 2.75) is 18.4 Å². The minimum atomic E-state index is -0.921. The number of thioether (sulfide) groups is 1. The van der Waals surface area contributed by atoms with Gasteiger partial charge in [-0.05, 0) is 0 Å². The Bertz CT molecular complexity index is 388. The Balaban J connectivity index is 2.81. The standard InChI is InChI=1S/C8H10N2O3S/c1-2-5-9-6(11)3-7(10-5)14-4-8(12)13/h3H,2,4H2,1H3,(H,12,13)(H,9,10,11). The van der Waals surface area contributed by atoms with Crippen LogP contribution in [0.25, 0.3) is 0 Å². The number of H-pyrrole nitrogens is 1. The lowest BCUT2D eigenvalue weighted by Crippen LogP contribution is -2.10. The van der Waals surface area contributed by atoms with Gasteiger partial charge in [-0.25, -0.2) is 4.98 Å². The topological polar surface area (TPSA) is 83.0 Å². The van der Waals surface area contributed by atoms with E-state index in [0.29, 0.717) is 17.3 Å². The van der Waals surface area contributed by atoms with Crippen molar-refractivity contribution in [3.05, 3.63) is 22.2 Å². The van der Waals surface area contributed by atoms with Crippen molar-refractivity contribution in [1.82, 2.24) is 9.97 Å². The van der Waals surface area contributed by atoms with E-state index in [1.165, 1.54) is 6.07 Å². The van der Waals surface area contributed by atoms with Crippen LogP contribution in [-0.2, 0) is 11.2 Å². The molecule has 0 bridgehead atoms. The van der Waals surface area contributed by atoms with Gasteiger partial charge in [0.2, 0.25) is 0 Å². The van der Waals surface area contributed by atoms with Crippen LogP contribution >= 0.6 is 11.8 Å². The number of carbonyl (C=O) groups is 1. The van der Waals surface area contributed by atoms with Gasteiger partial charge in [0.1, 0.15) is 10.9 Å². The highest BCUT2D eigenvalue weighted by Gasteiger charge is 2.03. The predicted octanol–water partition coefficient (Wildman–Crippen LogP) is 0.509. The molecule has 0 atom stereocenters. The van der Waals surface area contributed by atoms with Crippen LogP contribution in [0.1, 0.15) is 12.7 Å². The molecular weight excluding hydrogens is 204 g/mol. The van der Waals surface area contributed by atoms with Crippen LogP contribution in [0.5, 0.6) is 0 Å². The third-order valence-corrected chi connectivity index (χ3v) is 2.34. The number of aromatic nitrogens is 2. The molecule has 5 nitrogen and oxygen atoms in total. The lowest BCUT2D eigenvalue weighted by Gasteiger charge is -1.99. The minimum Gasteiger partial charge on any atom is -0.481 e. The lowest BCUT2D eigenvalue weighted by atomic mass is 10.4. The third-order valence-electron chi connectivity index (χ3n) is 1.45. The summed E-state index contributed by atoms with van der Waals surface area (Å²) in [5.41, 5.74) is -0.246. The highest BCUT2D eigenvalue weighted by atomic mass is 32.2. The van der Waals surface area contributed by atoms with Gasteiger partial charge in [-0.3, -0.25) is 9.59 Å². The fourth-order valence-electron chi connectivity index (χ4n) is 0.861. The Kier molecular flexibility index (Phi) is 3.70. The molecule has 0 unspecified atom stereocenters. The SMILES string of the molecule is CCc1nc(SCC(=O)O)cc(=O)[nH]1. The normalized spacial score (nSPS) is 10.1. The van der Waals surface area contributed by atoms with Crippen LogP contribution in [0.15, 0.2) is 15.9 Å². The molecule has 1 aromatic rings. The van der Waals surface area contributed by atoms with E-state index in [2.05, 4.69) is 9.97 Å². The van der Waals surface area contributed by atoms with Gasteiger partial charge in [0.05, 0.1) is 5.75 Å². The number of aromatic amines is 1. The molecule has 0 aliphatic heterocycles. The van der Waals surface area contributed by atoms with Gasteiger partial charge >= 0.3 is 5.97 Å². The molecule has 1 rings (SSSR count). The minimum absolute atomic E-state index is 0.0837. The molecule has 0 amide bonds. The second-order valence-electron chi connectivity index (χ2n) is 2.57. The molecule has 0 fully saturated rings. The highest BCUT2D eigenvalue weighted by Crippen LogP contribution is 2.12. The Morgan fingerprint density at radius 2 is 2.43 bits per heavy atom. The zero-order valence-electron chi connectivity index (χ0n) is 7.61. The van der Waals surface area contributed by atoms with Crippen LogP contribution in [0.3, 0.4) is 0 Å². The van der Waals surface area contributed by atoms with E-state index in [-0.39, 0.29) is 11.3 Å². The smallest absolute Gasteiger partial charge is 0.313 e. The molecule has 6 heteroatoms. The summed E-state index contributed by atoms with van der Waals surface area (Å²) in [6, 6.07) is 1.30. The van der Waals surface area contributed by atoms with E-state index in [4.69, 9.17) is 5.11 Å². The molecule has 0 aromatic carbocycles. The first-order chi connectivity index (χ1) is 6.61. The fourth-order valence-corrected chi connectivity index (χ4v) is 1.50. The second kappa shape index (κ2) is 4.80. The van der Waals surface area contributed by atoms with Gasteiger partial charge in [0.15, 0.2) is 0 Å². The molecule has 76 valence electrons. The van der Waals surface area contributed by atoms with Crippen LogP contribution in [0.2, 0.25) is 0 Å². The molecule has 0 saturated carbocycles. The monoisotopic (exact) mass is 214 g/mol. The molecule has 0 aliphatic rings. The summed E-state index contributed by atoms with van der Waals surface area (Å²) < 4.78 is 0. The molecule has 0 saturated heterocycles. The number of aryl methyl sites for hydroxylation is 1. The van der Waals surface area contributed by atoms with Crippen molar-refractivity contribution in [3.8, 4) is 0 Å². The van der Waals surface area contributed by atoms with Crippen molar-refractivity contribution >= 4 is 17.7 Å². The first kappa shape index (κ1) is 10.8. The van der Waals surface area contributed by atoms with E-state index < -0.39 is 5.97 Å². The largest absolute Gasteiger partial charge is 0.481 e. The molecule has 0 spiro atoms. The van der Waals surface area contributed by atoms with Crippen molar-refractivity contribution in [1.29, 1.82) is 0 Å². The van der Waals surface area contributed by atoms with Gasteiger partial charge in [-0.2, -0.15) is 0 Å². The fraction of sp³-hybridized carbons (Fsp3) is 0.375. The Labute approximate surface area is 84.6 Å². The summed E-state index contributed by atoms with van der Waals surface area (Å²) in [7, 11) is 0. The Morgan fingerprint density at radius 3 is 3.00 bits per heavy atom. The third kappa shape index (κ3) is 3.21. The molecule has 1 aromatic heterocycles. The van der Waals surface area contributed by atoms with E-state index >= 15 is 0 Å². The molecule has 0 aliphatic carbocycles. The van der Waals surface area contributed by atoms with Crippen molar-refractivity contribution in [3.63, 3.8) is 0 Å². The van der Waals surface area contributed by atoms with E-state index in [1.54, 1.807) is 0 Å². The van der Waals surface area contributed by atoms with E-state index in [1.807, 2.05) is 6.92 Å². The number of nitrogens with zero attached hydrogens (tertiary/aromatic N) is 1. The number of hydrogen-bond acceptors (Lipinski definition) is 4. The maximum absolute atomic E-state index is 11.1. The first-order valence-corrected chi connectivity index (χ1v) is 5.05. The van der Waals surface area contributed by atoms with E-state index in [0.717, 1.165) is 11.8 Å². The number of nitrogens with one attached hydrogen (secondary N) is 1. The summed E-state index contributed by atoms with van der Waals surface area (Å²) in [6.45, 7) is 1.86. The number of aliphatic carboxylic acids is 1. The number of carboxylic acid groups (broad SMARTS) is 1. The van der Waals surface area contributed by atoms with Gasteiger partial charge in [-0.15, -0.1) is 0 Å². The van der Waals surface area contributed by atoms with Crippen LogP contribution in [-0.4, -0.2) is 26.8 Å². The molecule has 2 N–H and O–H groups in total. The molecular formula is C8H10N2O3S. The predicted molar refractivity (Wildman–Crippen MR) is 52.6 cm³/mol. The highest BCUT2D eigenvalue weighted by molar-refractivity contribution is 7.99. The van der Waals surface area contributed by atoms with Gasteiger partial charge in [0, 0.05) is 12.5 Å². The molecule has 14 heavy (non-hydrogen) atoms. The summed E-state index contributed by atoms with van der Waals surface area (Å²) in [5.74, 6) is -0.430. The Morgan fingerprint density at radius 1 is 1.71 bits per heavy atom. The summed E-state index contributed by atoms with van der Waals surface area (Å²) in [5, 5.41) is 8.89. The van der Waals surface area contributed by atoms with Crippen molar-refractivity contribution < 1.29 is 9.90 Å². The summed E-state index contributed by atoms with van der Waals surface area (Å²) >= 11 is 1.04. The average Bonchev–Trinajstić information content (AvgIpc) is 2.14. The zero-order valence-corrected chi connectivity index (χ0v) is 8.43. The van der Waals surface area contributed by atoms with Crippen LogP contribution in [0, 0.1) is 0 Å². The number of hydrogen-bond donors (Lipinski definition) is 2. The zero-order chi connectivity index (χ0) is 10.6. The number of carboxylic acids is 1. The summed E-state index contributed by atoms with van der Waals surface area (Å²) in [6.07, 6.45) is 0.622. The maximum Gasteiger partial charge on any atom is 0.313 e. The first-order valence-electron chi connectivity index (χ1n) is 4.06. The van der Waals surface area contributed by atoms with Crippen LogP contribution < -0.4 is 5.56 Å². The Hall–Kier alpha value is -1.30. The van der Waals surface area contributed by atoms with E-state index in [9.17, 15) is 9.59 Å². The maximum atomic E-state index is 11.1. The quantitative estimate of drug-likeness (QED) is 0.563. The second-order valence-corrected chi connectivity index (χ2v) is 3.56. The summed E-state index contributed by atoms with van der Waals surface area (Å²) in [4.78, 5) is 28.0. The van der Waals surface area contributed by atoms with Crippen molar-refractivity contribution in [2.24, 2.45) is 0 Å². The average molecular weight is 214 g/mol. The van der Waals surface area contributed by atoms with Crippen molar-refractivity contribution in [2.75, 3.05) is 5.75 Å². The number of rotatable bonds is 4. The van der Waals surface area contributed by atoms with Gasteiger partial charge < -0.3 is 10.1 Å². The molecule has 0 radical (unpaired) electrons. The van der Waals surface area contributed by atoms with Crippen LogP contribution in [0.4, 0.5) is 0 Å². The van der Waals surface area contributed by atoms with Gasteiger partial charge in [0.25, 0.3) is 5.56 Å².